The summed E-state index contributed by atoms with van der Waals surface area (Å²) in [5, 5.41) is 22.2. The van der Waals surface area contributed by atoms with E-state index in [1.54, 1.807) is 18.6 Å². The number of hydrogen-bond acceptors (Lipinski definition) is 9. The van der Waals surface area contributed by atoms with Crippen molar-refractivity contribution in [2.75, 3.05) is 23.3 Å². The average Bonchev–Trinajstić information content (AvgIpc) is 3.60. The maximum Gasteiger partial charge on any atom is 0.318 e. The third kappa shape index (κ3) is 3.77. The number of H-pyrrole nitrogens is 1. The molecule has 1 aliphatic carbocycles. The lowest BCUT2D eigenvalue weighted by atomic mass is 10.1. The van der Waals surface area contributed by atoms with Crippen molar-refractivity contribution in [3.63, 3.8) is 0 Å². The van der Waals surface area contributed by atoms with E-state index >= 15 is 0 Å². The van der Waals surface area contributed by atoms with E-state index in [4.69, 9.17) is 4.42 Å². The number of rotatable bonds is 5. The summed E-state index contributed by atoms with van der Waals surface area (Å²) in [4.78, 5) is 10.7. The number of fused-ring (bicyclic) bond motifs is 1. The van der Waals surface area contributed by atoms with E-state index < -0.39 is 11.6 Å². The summed E-state index contributed by atoms with van der Waals surface area (Å²) in [5.74, 6) is -0.622. The topological polar surface area (TPSA) is 122 Å². The van der Waals surface area contributed by atoms with E-state index in [9.17, 15) is 8.78 Å². The molecule has 0 saturated carbocycles. The molecule has 0 amide bonds. The normalized spacial score (nSPS) is 18.1. The zero-order chi connectivity index (χ0) is 22.4. The Labute approximate surface area is 186 Å². The molecule has 2 N–H and O–H groups in total. The van der Waals surface area contributed by atoms with Crippen LogP contribution in [0, 0.1) is 11.6 Å². The van der Waals surface area contributed by atoms with Gasteiger partial charge in [0.25, 0.3) is 5.89 Å². The summed E-state index contributed by atoms with van der Waals surface area (Å²) in [6, 6.07) is 2.94. The highest BCUT2D eigenvalue weighted by molar-refractivity contribution is 5.52. The van der Waals surface area contributed by atoms with E-state index in [0.29, 0.717) is 36.3 Å². The fraction of sp³-hybridized carbons (Fsp3) is 0.333. The van der Waals surface area contributed by atoms with Gasteiger partial charge in [-0.3, -0.25) is 0 Å². The van der Waals surface area contributed by atoms with Crippen LogP contribution in [0.4, 0.5) is 20.7 Å². The van der Waals surface area contributed by atoms with Crippen LogP contribution in [-0.2, 0) is 12.8 Å². The first kappa shape index (κ1) is 19.7. The van der Waals surface area contributed by atoms with E-state index in [2.05, 4.69) is 40.9 Å². The Morgan fingerprint density at radius 1 is 1.03 bits per heavy atom. The minimum atomic E-state index is -0.823. The summed E-state index contributed by atoms with van der Waals surface area (Å²) < 4.78 is 32.8. The Morgan fingerprint density at radius 2 is 1.79 bits per heavy atom. The van der Waals surface area contributed by atoms with Gasteiger partial charge in [0.15, 0.2) is 11.6 Å². The van der Waals surface area contributed by atoms with Gasteiger partial charge in [-0.15, -0.1) is 5.10 Å². The first-order valence-corrected chi connectivity index (χ1v) is 10.6. The molecule has 33 heavy (non-hydrogen) atoms. The second-order valence-corrected chi connectivity index (χ2v) is 8.30. The average molecular weight is 451 g/mol. The quantitative estimate of drug-likeness (QED) is 0.471. The molecule has 0 spiro atoms. The van der Waals surface area contributed by atoms with E-state index in [1.807, 2.05) is 4.90 Å². The molecule has 1 fully saturated rings. The lowest BCUT2D eigenvalue weighted by Gasteiger charge is -2.12. The minimum Gasteiger partial charge on any atom is -0.403 e. The lowest BCUT2D eigenvalue weighted by molar-refractivity contribution is 0.507. The molecule has 4 heterocycles. The first-order chi connectivity index (χ1) is 16.1. The van der Waals surface area contributed by atoms with Crippen molar-refractivity contribution in [1.82, 2.24) is 35.6 Å². The molecule has 3 aromatic heterocycles. The van der Waals surface area contributed by atoms with Crippen molar-refractivity contribution < 1.29 is 13.2 Å². The second-order valence-electron chi connectivity index (χ2n) is 8.30. The van der Waals surface area contributed by atoms with Crippen molar-refractivity contribution in [3.05, 3.63) is 59.2 Å². The Morgan fingerprint density at radius 3 is 2.48 bits per heavy atom. The van der Waals surface area contributed by atoms with Crippen LogP contribution in [0.5, 0.6) is 0 Å². The number of nitrogens with zero attached hydrogens (tertiary/aromatic N) is 7. The van der Waals surface area contributed by atoms with Gasteiger partial charge in [0, 0.05) is 37.4 Å². The van der Waals surface area contributed by atoms with Gasteiger partial charge in [-0.05, 0) is 42.5 Å². The van der Waals surface area contributed by atoms with Crippen LogP contribution in [0.25, 0.3) is 11.5 Å². The van der Waals surface area contributed by atoms with Gasteiger partial charge < -0.3 is 14.6 Å². The van der Waals surface area contributed by atoms with Crippen LogP contribution in [0.15, 0.2) is 35.1 Å². The van der Waals surface area contributed by atoms with Crippen molar-refractivity contribution in [2.24, 2.45) is 0 Å². The predicted molar refractivity (Wildman–Crippen MR) is 112 cm³/mol. The third-order valence-corrected chi connectivity index (χ3v) is 6.13. The SMILES string of the molecule is Fc1cc2c(cc1F)CC(Nc1ncc(-c3nnc(N4CCC(c5cn[nH]n5)C4)o3)cn1)C2. The van der Waals surface area contributed by atoms with Crippen LogP contribution < -0.4 is 10.2 Å². The summed E-state index contributed by atoms with van der Waals surface area (Å²) in [6.07, 6.45) is 7.04. The summed E-state index contributed by atoms with van der Waals surface area (Å²) >= 11 is 0. The number of hydrogen-bond donors (Lipinski definition) is 2. The highest BCUT2D eigenvalue weighted by Gasteiger charge is 2.29. The summed E-state index contributed by atoms with van der Waals surface area (Å²) in [6.45, 7) is 1.52. The van der Waals surface area contributed by atoms with E-state index in [0.717, 1.165) is 36.3 Å². The highest BCUT2D eigenvalue weighted by atomic mass is 19.2. The Balaban J connectivity index is 1.10. The Bertz CT molecular complexity index is 1240. The molecule has 10 nitrogen and oxygen atoms in total. The standard InChI is InChI=1S/C21H19F2N9O/c22-16-5-12-3-15(4-13(12)6-17(16)23)27-20-24-7-14(8-25-20)19-29-30-21(33-19)32-2-1-11(10-32)18-9-26-31-28-18/h5-9,11,15H,1-4,10H2,(H,24,25,27)(H,26,28,31). The number of halogens is 2. The molecule has 1 atom stereocenters. The van der Waals surface area contributed by atoms with Gasteiger partial charge in [0.2, 0.25) is 5.95 Å². The van der Waals surface area contributed by atoms with Crippen molar-refractivity contribution in [3.8, 4) is 11.5 Å². The zero-order valence-electron chi connectivity index (χ0n) is 17.4. The Hall–Kier alpha value is -3.96. The molecule has 4 aromatic rings. The molecular weight excluding hydrogens is 432 g/mol. The fourth-order valence-corrected chi connectivity index (χ4v) is 4.45. The smallest absolute Gasteiger partial charge is 0.318 e. The van der Waals surface area contributed by atoms with Crippen LogP contribution in [0.2, 0.25) is 0 Å². The molecule has 1 aromatic carbocycles. The van der Waals surface area contributed by atoms with Crippen molar-refractivity contribution in [2.45, 2.75) is 31.2 Å². The lowest BCUT2D eigenvalue weighted by Crippen LogP contribution is -2.20. The minimum absolute atomic E-state index is 0.0325. The fourth-order valence-electron chi connectivity index (χ4n) is 4.45. The number of aromatic nitrogens is 7. The molecule has 2 aliphatic rings. The number of nitrogens with one attached hydrogen (secondary N) is 2. The second kappa shape index (κ2) is 7.87. The van der Waals surface area contributed by atoms with Crippen molar-refractivity contribution in [1.29, 1.82) is 0 Å². The van der Waals surface area contributed by atoms with Gasteiger partial charge in [-0.25, -0.2) is 18.7 Å². The van der Waals surface area contributed by atoms with Gasteiger partial charge in [0.05, 0.1) is 17.5 Å². The first-order valence-electron chi connectivity index (χ1n) is 10.6. The summed E-state index contributed by atoms with van der Waals surface area (Å²) in [5.41, 5.74) is 3.13. The molecular formula is C21H19F2N9O. The molecule has 0 radical (unpaired) electrons. The van der Waals surface area contributed by atoms with Crippen LogP contribution in [-0.4, -0.2) is 54.7 Å². The largest absolute Gasteiger partial charge is 0.403 e. The van der Waals surface area contributed by atoms with E-state index in [-0.39, 0.29) is 12.0 Å². The number of anilines is 2. The Kier molecular flexibility index (Phi) is 4.70. The number of benzene rings is 1. The molecule has 0 bridgehead atoms. The van der Waals surface area contributed by atoms with Gasteiger partial charge in [-0.1, -0.05) is 5.10 Å². The van der Waals surface area contributed by atoms with Gasteiger partial charge in [-0.2, -0.15) is 15.4 Å². The van der Waals surface area contributed by atoms with Crippen LogP contribution in [0.1, 0.15) is 29.2 Å². The maximum absolute atomic E-state index is 13.5. The summed E-state index contributed by atoms with van der Waals surface area (Å²) in [7, 11) is 0. The zero-order valence-corrected chi connectivity index (χ0v) is 17.4. The molecule has 168 valence electrons. The molecule has 12 heteroatoms. The monoisotopic (exact) mass is 451 g/mol. The molecule has 1 unspecified atom stereocenters. The van der Waals surface area contributed by atoms with Crippen molar-refractivity contribution >= 4 is 12.0 Å². The number of aromatic amines is 1. The highest BCUT2D eigenvalue weighted by Crippen LogP contribution is 2.30. The third-order valence-electron chi connectivity index (χ3n) is 6.13. The van der Waals surface area contributed by atoms with Gasteiger partial charge in [0.1, 0.15) is 0 Å². The van der Waals surface area contributed by atoms with Crippen LogP contribution in [0.3, 0.4) is 0 Å². The maximum atomic E-state index is 13.5. The van der Waals surface area contributed by atoms with Crippen LogP contribution >= 0.6 is 0 Å². The molecule has 6 rings (SSSR count). The molecule has 1 aliphatic heterocycles. The molecule has 1 saturated heterocycles. The van der Waals surface area contributed by atoms with Gasteiger partial charge >= 0.3 is 6.01 Å². The van der Waals surface area contributed by atoms with E-state index in [1.165, 1.54) is 12.1 Å². The predicted octanol–water partition coefficient (Wildman–Crippen LogP) is 2.50.